The van der Waals surface area contributed by atoms with E-state index < -0.39 is 48.6 Å². The lowest BCUT2D eigenvalue weighted by atomic mass is 9.43. The van der Waals surface area contributed by atoms with Gasteiger partial charge in [-0.3, -0.25) is 9.59 Å². The van der Waals surface area contributed by atoms with Gasteiger partial charge in [0, 0.05) is 12.8 Å². The molecular formula is C41H60BNO10. The van der Waals surface area contributed by atoms with E-state index in [0.29, 0.717) is 41.4 Å². The van der Waals surface area contributed by atoms with Crippen LogP contribution in [0.4, 0.5) is 0 Å². The minimum absolute atomic E-state index is 0.0249. The average molecular weight is 738 g/mol. The number of rotatable bonds is 11. The SMILES string of the molecule is COc1c(CC(NC(=O)CCC2(C)OC3CC4CC(C4(C)C)C3(C)O2)B2OC3CC4CC(C4(C)C)C3(C)O2)cccc1C(=O)OCOC(=O)C(C)(C)C. The summed E-state index contributed by atoms with van der Waals surface area (Å²) in [7, 11) is 0.772. The first-order valence-electron chi connectivity index (χ1n) is 19.6. The van der Waals surface area contributed by atoms with Gasteiger partial charge in [-0.1, -0.05) is 39.8 Å². The first kappa shape index (κ1) is 38.6. The van der Waals surface area contributed by atoms with Crippen LogP contribution in [0.3, 0.4) is 0 Å². The highest BCUT2D eigenvalue weighted by atomic mass is 16.8. The molecule has 1 N–H and O–H groups in total. The molecule has 9 rings (SSSR count). The van der Waals surface area contributed by atoms with Gasteiger partial charge in [0.15, 0.2) is 5.79 Å². The number of carbonyl (C=O) groups is 3. The Labute approximate surface area is 315 Å². The van der Waals surface area contributed by atoms with E-state index in [0.717, 1.165) is 25.7 Å². The molecule has 53 heavy (non-hydrogen) atoms. The van der Waals surface area contributed by atoms with E-state index in [1.54, 1.807) is 32.9 Å². The molecule has 12 heteroatoms. The van der Waals surface area contributed by atoms with E-state index in [9.17, 15) is 14.4 Å². The van der Waals surface area contributed by atoms with Crippen LogP contribution in [0.1, 0.15) is 124 Å². The molecule has 0 spiro atoms. The normalized spacial score (nSPS) is 37.7. The fraction of sp³-hybridized carbons (Fsp3) is 0.780. The third-order valence-electron chi connectivity index (χ3n) is 14.5. The van der Waals surface area contributed by atoms with Crippen molar-refractivity contribution in [1.82, 2.24) is 5.32 Å². The molecule has 1 amide bonds. The Hall–Kier alpha value is -2.67. The Bertz CT molecular complexity index is 1640. The lowest BCUT2D eigenvalue weighted by Crippen LogP contribution is -2.65. The van der Waals surface area contributed by atoms with E-state index in [1.807, 2.05) is 13.0 Å². The number of nitrogens with one attached hydrogen (secondary N) is 1. The Morgan fingerprint density at radius 1 is 0.906 bits per heavy atom. The van der Waals surface area contributed by atoms with Crippen molar-refractivity contribution < 1.29 is 47.4 Å². The van der Waals surface area contributed by atoms with Crippen LogP contribution >= 0.6 is 0 Å². The van der Waals surface area contributed by atoms with Crippen LogP contribution in [0.5, 0.6) is 5.75 Å². The van der Waals surface area contributed by atoms with Gasteiger partial charge in [-0.25, -0.2) is 4.79 Å². The lowest BCUT2D eigenvalue weighted by Gasteiger charge is -2.64. The second kappa shape index (κ2) is 13.0. The monoisotopic (exact) mass is 737 g/mol. The summed E-state index contributed by atoms with van der Waals surface area (Å²) in [6.45, 7) is 20.3. The number of esters is 2. The minimum Gasteiger partial charge on any atom is -0.496 e. The van der Waals surface area contributed by atoms with Gasteiger partial charge in [0.25, 0.3) is 0 Å². The van der Waals surface area contributed by atoms with Crippen molar-refractivity contribution in [3.05, 3.63) is 29.3 Å². The van der Waals surface area contributed by atoms with Crippen molar-refractivity contribution in [3.8, 4) is 5.75 Å². The number of ether oxygens (including phenoxy) is 5. The van der Waals surface area contributed by atoms with Crippen molar-refractivity contribution in [2.45, 2.75) is 149 Å². The maximum Gasteiger partial charge on any atom is 0.482 e. The summed E-state index contributed by atoms with van der Waals surface area (Å²) in [5.74, 6) is -0.516. The molecule has 292 valence electrons. The van der Waals surface area contributed by atoms with E-state index in [2.05, 4.69) is 46.9 Å². The quantitative estimate of drug-likeness (QED) is 0.154. The Morgan fingerprint density at radius 2 is 1.55 bits per heavy atom. The molecule has 2 aliphatic heterocycles. The summed E-state index contributed by atoms with van der Waals surface area (Å²) >= 11 is 0. The number of amides is 1. The molecule has 6 aliphatic carbocycles. The first-order chi connectivity index (χ1) is 24.6. The number of benzene rings is 1. The van der Waals surface area contributed by atoms with Gasteiger partial charge in [0.2, 0.25) is 12.7 Å². The van der Waals surface area contributed by atoms with Crippen LogP contribution in [0.25, 0.3) is 0 Å². The molecule has 0 radical (unpaired) electrons. The highest BCUT2D eigenvalue weighted by Gasteiger charge is 2.70. The number of hydrogen-bond donors (Lipinski definition) is 1. The lowest BCUT2D eigenvalue weighted by molar-refractivity contribution is -0.226. The van der Waals surface area contributed by atoms with Gasteiger partial charge in [-0.05, 0) is 120 Å². The van der Waals surface area contributed by atoms with Crippen molar-refractivity contribution in [1.29, 1.82) is 0 Å². The summed E-state index contributed by atoms with van der Waals surface area (Å²) in [4.78, 5) is 39.4. The molecule has 2 heterocycles. The standard InChI is InChI=1S/C41H60BNO10/c1-36(2,3)35(46)49-22-48-34(45)26-14-12-13-23(33(26)47-11)17-31(42-51-30-21-25-19-28(38(25,6)7)41(30,10)53-42)43-32(44)15-16-39(8)50-29-20-24-18-27(37(24,4)5)40(29,9)52-39/h12-14,24-25,27-31H,15-22H2,1-11H3,(H,43,44). The van der Waals surface area contributed by atoms with E-state index >= 15 is 0 Å². The molecule has 11 nitrogen and oxygen atoms in total. The largest absolute Gasteiger partial charge is 0.496 e. The molecule has 2 saturated heterocycles. The third kappa shape index (κ3) is 6.41. The minimum atomic E-state index is -0.867. The summed E-state index contributed by atoms with van der Waals surface area (Å²) in [6, 6.07) is 5.20. The smallest absolute Gasteiger partial charge is 0.482 e. The molecule has 8 fully saturated rings. The summed E-state index contributed by atoms with van der Waals surface area (Å²) in [5, 5.41) is 3.26. The van der Waals surface area contributed by atoms with Crippen LogP contribution in [-0.4, -0.2) is 74.0 Å². The average Bonchev–Trinajstić information content (AvgIpc) is 3.58. The van der Waals surface area contributed by atoms with E-state index in [4.69, 9.17) is 33.0 Å². The predicted octanol–water partition coefficient (Wildman–Crippen LogP) is 6.43. The molecule has 10 unspecified atom stereocenters. The first-order valence-corrected chi connectivity index (χ1v) is 19.6. The maximum atomic E-state index is 13.9. The molecule has 0 aromatic heterocycles. The van der Waals surface area contributed by atoms with E-state index in [-0.39, 0.29) is 53.0 Å². The van der Waals surface area contributed by atoms with Gasteiger partial charge in [-0.2, -0.15) is 0 Å². The fourth-order valence-electron chi connectivity index (χ4n) is 11.0. The molecule has 10 atom stereocenters. The topological polar surface area (TPSA) is 128 Å². The van der Waals surface area contributed by atoms with Crippen molar-refractivity contribution in [2.24, 2.45) is 39.9 Å². The van der Waals surface area contributed by atoms with Crippen molar-refractivity contribution in [3.63, 3.8) is 0 Å². The highest BCUT2D eigenvalue weighted by molar-refractivity contribution is 6.48. The predicted molar refractivity (Wildman–Crippen MR) is 197 cm³/mol. The Balaban J connectivity index is 1.07. The van der Waals surface area contributed by atoms with Gasteiger partial charge in [-0.15, -0.1) is 0 Å². The molecule has 6 saturated carbocycles. The van der Waals surface area contributed by atoms with Crippen molar-refractivity contribution in [2.75, 3.05) is 13.9 Å². The maximum absolute atomic E-state index is 13.9. The second-order valence-corrected chi connectivity index (χ2v) is 19.5. The third-order valence-corrected chi connectivity index (χ3v) is 14.5. The Morgan fingerprint density at radius 3 is 2.17 bits per heavy atom. The molecule has 4 bridgehead atoms. The van der Waals surface area contributed by atoms with Gasteiger partial charge < -0.3 is 38.3 Å². The number of carbonyl (C=O) groups excluding carboxylic acids is 3. The number of para-hydroxylation sites is 1. The second-order valence-electron chi connectivity index (χ2n) is 19.5. The summed E-state index contributed by atoms with van der Waals surface area (Å²) in [6.07, 6.45) is 4.96. The fourth-order valence-corrected chi connectivity index (χ4v) is 11.0. The molecule has 1 aromatic carbocycles. The molecular weight excluding hydrogens is 677 g/mol. The zero-order valence-corrected chi connectivity index (χ0v) is 33.6. The van der Waals surface area contributed by atoms with Crippen LogP contribution in [0.2, 0.25) is 0 Å². The zero-order valence-electron chi connectivity index (χ0n) is 33.6. The van der Waals surface area contributed by atoms with Crippen LogP contribution in [-0.2, 0) is 44.3 Å². The van der Waals surface area contributed by atoms with Crippen LogP contribution in [0, 0.1) is 39.9 Å². The Kier molecular flexibility index (Phi) is 9.43. The number of hydrogen-bond acceptors (Lipinski definition) is 10. The van der Waals surface area contributed by atoms with Gasteiger partial charge in [0.1, 0.15) is 11.3 Å². The molecule has 8 aliphatic rings. The highest BCUT2D eigenvalue weighted by Crippen LogP contribution is 2.68. The zero-order chi connectivity index (χ0) is 38.5. The van der Waals surface area contributed by atoms with Crippen LogP contribution in [0.15, 0.2) is 18.2 Å². The number of methoxy groups -OCH3 is 1. The van der Waals surface area contributed by atoms with Crippen LogP contribution < -0.4 is 10.1 Å². The van der Waals surface area contributed by atoms with E-state index in [1.165, 1.54) is 7.11 Å². The van der Waals surface area contributed by atoms with Gasteiger partial charge in [0.05, 0.1) is 41.9 Å². The van der Waals surface area contributed by atoms with Crippen molar-refractivity contribution >= 4 is 25.0 Å². The summed E-state index contributed by atoms with van der Waals surface area (Å²) in [5.41, 5.74) is -0.353. The summed E-state index contributed by atoms with van der Waals surface area (Å²) < 4.78 is 43.2. The molecule has 1 aromatic rings. The van der Waals surface area contributed by atoms with Gasteiger partial charge >= 0.3 is 19.1 Å².